The van der Waals surface area contributed by atoms with Crippen LogP contribution in [0, 0.1) is 5.41 Å². The number of anilines is 2. The molecule has 1 aromatic heterocycles. The van der Waals surface area contributed by atoms with Crippen LogP contribution in [0.3, 0.4) is 0 Å². The van der Waals surface area contributed by atoms with Gasteiger partial charge in [-0.25, -0.2) is 0 Å². The van der Waals surface area contributed by atoms with Gasteiger partial charge in [-0.1, -0.05) is 39.0 Å². The van der Waals surface area contributed by atoms with E-state index in [1.165, 1.54) is 0 Å². The Kier molecular flexibility index (Phi) is 4.14. The first-order valence-electron chi connectivity index (χ1n) is 6.82. The van der Waals surface area contributed by atoms with Crippen LogP contribution in [0.25, 0.3) is 10.9 Å². The molecule has 0 aliphatic carbocycles. The molecule has 0 unspecified atom stereocenters. The minimum absolute atomic E-state index is 0.0623. The molecule has 1 aromatic carbocycles. The third kappa shape index (κ3) is 3.02. The van der Waals surface area contributed by atoms with Crippen LogP contribution in [0.1, 0.15) is 20.8 Å². The van der Waals surface area contributed by atoms with Crippen molar-refractivity contribution >= 4 is 22.3 Å². The zero-order valence-electron chi connectivity index (χ0n) is 12.6. The fraction of sp³-hybridized carbons (Fsp3) is 0.438. The number of nitrogens with two attached hydrogens (primary N) is 1. The van der Waals surface area contributed by atoms with E-state index in [1.54, 1.807) is 13.3 Å². The SMILES string of the molecule is COC[C@@H](Nc1c(N)cnc2ccccc12)C(C)(C)C. The Morgan fingerprint density at radius 2 is 2.00 bits per heavy atom. The predicted molar refractivity (Wildman–Crippen MR) is 84.9 cm³/mol. The highest BCUT2D eigenvalue weighted by Gasteiger charge is 2.25. The normalized spacial score (nSPS) is 13.4. The highest BCUT2D eigenvalue weighted by molar-refractivity contribution is 5.96. The summed E-state index contributed by atoms with van der Waals surface area (Å²) in [6, 6.07) is 8.17. The van der Waals surface area contributed by atoms with Gasteiger partial charge in [-0.05, 0) is 11.5 Å². The number of para-hydroxylation sites is 1. The topological polar surface area (TPSA) is 60.2 Å². The smallest absolute Gasteiger partial charge is 0.0743 e. The number of nitrogens with one attached hydrogen (secondary N) is 1. The van der Waals surface area contributed by atoms with E-state index in [0.717, 1.165) is 16.6 Å². The van der Waals surface area contributed by atoms with E-state index < -0.39 is 0 Å². The molecule has 0 spiro atoms. The number of nitrogen functional groups attached to an aromatic ring is 1. The van der Waals surface area contributed by atoms with Gasteiger partial charge in [0.1, 0.15) is 0 Å². The van der Waals surface area contributed by atoms with Gasteiger partial charge >= 0.3 is 0 Å². The lowest BCUT2D eigenvalue weighted by Gasteiger charge is -2.32. The summed E-state index contributed by atoms with van der Waals surface area (Å²) in [4.78, 5) is 4.36. The zero-order valence-corrected chi connectivity index (χ0v) is 12.6. The van der Waals surface area contributed by atoms with E-state index in [0.29, 0.717) is 12.3 Å². The second-order valence-electron chi connectivity index (χ2n) is 6.12. The quantitative estimate of drug-likeness (QED) is 0.897. The molecule has 0 saturated carbocycles. The molecule has 0 radical (unpaired) electrons. The van der Waals surface area contributed by atoms with Gasteiger partial charge in [0.15, 0.2) is 0 Å². The maximum atomic E-state index is 6.11. The number of pyridine rings is 1. The van der Waals surface area contributed by atoms with E-state index in [4.69, 9.17) is 10.5 Å². The Balaban J connectivity index is 2.44. The van der Waals surface area contributed by atoms with Crippen LogP contribution in [0.15, 0.2) is 30.5 Å². The maximum absolute atomic E-state index is 6.11. The molecule has 4 heteroatoms. The van der Waals surface area contributed by atoms with Crippen LogP contribution in [-0.2, 0) is 4.74 Å². The van der Waals surface area contributed by atoms with Crippen molar-refractivity contribution in [3.05, 3.63) is 30.5 Å². The van der Waals surface area contributed by atoms with Crippen molar-refractivity contribution in [1.82, 2.24) is 4.98 Å². The summed E-state index contributed by atoms with van der Waals surface area (Å²) in [6.07, 6.45) is 1.71. The van der Waals surface area contributed by atoms with E-state index >= 15 is 0 Å². The number of hydrogen-bond acceptors (Lipinski definition) is 4. The highest BCUT2D eigenvalue weighted by Crippen LogP contribution is 2.31. The Hall–Kier alpha value is -1.81. The molecule has 0 amide bonds. The predicted octanol–water partition coefficient (Wildman–Crippen LogP) is 3.29. The van der Waals surface area contributed by atoms with Crippen LogP contribution in [0.4, 0.5) is 11.4 Å². The lowest BCUT2D eigenvalue weighted by atomic mass is 9.87. The van der Waals surface area contributed by atoms with Gasteiger partial charge in [0, 0.05) is 12.5 Å². The number of ether oxygens (including phenoxy) is 1. The standard InChI is InChI=1S/C16H23N3O/c1-16(2,3)14(10-20-4)19-15-11-7-5-6-8-13(11)18-9-12(15)17/h5-9,14H,10,17H2,1-4H3,(H,18,19)/t14-/m1/s1. The van der Waals surface area contributed by atoms with Crippen LogP contribution in [0.2, 0.25) is 0 Å². The third-order valence-corrected chi connectivity index (χ3v) is 3.50. The Morgan fingerprint density at radius 1 is 1.30 bits per heavy atom. The van der Waals surface area contributed by atoms with E-state index in [1.807, 2.05) is 24.3 Å². The van der Waals surface area contributed by atoms with Crippen molar-refractivity contribution < 1.29 is 4.74 Å². The van der Waals surface area contributed by atoms with Crippen molar-refractivity contribution in [2.75, 3.05) is 24.8 Å². The summed E-state index contributed by atoms with van der Waals surface area (Å²) in [5.74, 6) is 0. The highest BCUT2D eigenvalue weighted by atomic mass is 16.5. The van der Waals surface area contributed by atoms with Crippen molar-refractivity contribution in [1.29, 1.82) is 0 Å². The molecule has 0 aliphatic heterocycles. The van der Waals surface area contributed by atoms with Gasteiger partial charge in [0.05, 0.1) is 35.7 Å². The van der Waals surface area contributed by atoms with Crippen LogP contribution >= 0.6 is 0 Å². The number of benzene rings is 1. The summed E-state index contributed by atoms with van der Waals surface area (Å²) in [7, 11) is 1.72. The number of fused-ring (bicyclic) bond motifs is 1. The Morgan fingerprint density at radius 3 is 2.65 bits per heavy atom. The van der Waals surface area contributed by atoms with Crippen molar-refractivity contribution in [3.8, 4) is 0 Å². The van der Waals surface area contributed by atoms with Gasteiger partial charge in [-0.3, -0.25) is 4.98 Å². The van der Waals surface area contributed by atoms with Gasteiger partial charge in [0.2, 0.25) is 0 Å². The van der Waals surface area contributed by atoms with E-state index in [2.05, 4.69) is 31.1 Å². The van der Waals surface area contributed by atoms with Crippen molar-refractivity contribution in [2.45, 2.75) is 26.8 Å². The molecule has 1 atom stereocenters. The molecular weight excluding hydrogens is 250 g/mol. The summed E-state index contributed by atoms with van der Waals surface area (Å²) in [6.45, 7) is 7.18. The fourth-order valence-electron chi connectivity index (χ4n) is 2.17. The minimum Gasteiger partial charge on any atom is -0.396 e. The maximum Gasteiger partial charge on any atom is 0.0743 e. The summed E-state index contributed by atoms with van der Waals surface area (Å²) in [5.41, 5.74) is 8.71. The van der Waals surface area contributed by atoms with Crippen LogP contribution < -0.4 is 11.1 Å². The summed E-state index contributed by atoms with van der Waals surface area (Å²) >= 11 is 0. The lowest BCUT2D eigenvalue weighted by molar-refractivity contribution is 0.144. The van der Waals surface area contributed by atoms with Gasteiger partial charge in [-0.15, -0.1) is 0 Å². The molecule has 0 fully saturated rings. The molecule has 2 rings (SSSR count). The molecule has 0 saturated heterocycles. The second kappa shape index (κ2) is 5.67. The van der Waals surface area contributed by atoms with Gasteiger partial charge in [-0.2, -0.15) is 0 Å². The Bertz CT molecular complexity index is 590. The number of aromatic nitrogens is 1. The summed E-state index contributed by atoms with van der Waals surface area (Å²) < 4.78 is 5.34. The largest absolute Gasteiger partial charge is 0.396 e. The molecule has 2 aromatic rings. The molecule has 108 valence electrons. The molecule has 4 nitrogen and oxygen atoms in total. The number of rotatable bonds is 4. The molecular formula is C16H23N3O. The molecule has 3 N–H and O–H groups in total. The summed E-state index contributed by atoms with van der Waals surface area (Å²) in [5, 5.41) is 4.58. The van der Waals surface area contributed by atoms with Crippen molar-refractivity contribution in [2.24, 2.45) is 5.41 Å². The van der Waals surface area contributed by atoms with Crippen molar-refractivity contribution in [3.63, 3.8) is 0 Å². The van der Waals surface area contributed by atoms with E-state index in [9.17, 15) is 0 Å². The third-order valence-electron chi connectivity index (χ3n) is 3.50. The monoisotopic (exact) mass is 273 g/mol. The lowest BCUT2D eigenvalue weighted by Crippen LogP contribution is -2.38. The number of nitrogens with zero attached hydrogens (tertiary/aromatic N) is 1. The molecule has 0 bridgehead atoms. The second-order valence-corrected chi connectivity index (χ2v) is 6.12. The molecule has 20 heavy (non-hydrogen) atoms. The number of hydrogen-bond donors (Lipinski definition) is 2. The fourth-order valence-corrected chi connectivity index (χ4v) is 2.17. The van der Waals surface area contributed by atoms with Crippen LogP contribution in [0.5, 0.6) is 0 Å². The molecule has 1 heterocycles. The van der Waals surface area contributed by atoms with Gasteiger partial charge < -0.3 is 15.8 Å². The zero-order chi connectivity index (χ0) is 14.8. The Labute approximate surface area is 120 Å². The average molecular weight is 273 g/mol. The van der Waals surface area contributed by atoms with E-state index in [-0.39, 0.29) is 11.5 Å². The van der Waals surface area contributed by atoms with Gasteiger partial charge in [0.25, 0.3) is 0 Å². The minimum atomic E-state index is 0.0623. The first-order valence-corrected chi connectivity index (χ1v) is 6.82. The first-order chi connectivity index (χ1) is 9.43. The molecule has 0 aliphatic rings. The number of methoxy groups -OCH3 is 1. The van der Waals surface area contributed by atoms with Crippen LogP contribution in [-0.4, -0.2) is 24.7 Å². The first kappa shape index (κ1) is 14.6. The average Bonchev–Trinajstić information content (AvgIpc) is 2.40.